The summed E-state index contributed by atoms with van der Waals surface area (Å²) < 4.78 is 15.2. The third-order valence-electron chi connectivity index (χ3n) is 1.99. The van der Waals surface area contributed by atoms with Crippen molar-refractivity contribution in [2.24, 2.45) is 0 Å². The summed E-state index contributed by atoms with van der Waals surface area (Å²) in [5, 5.41) is -0.941. The number of halogens is 2. The first-order chi connectivity index (χ1) is 7.41. The first kappa shape index (κ1) is 13.7. The van der Waals surface area contributed by atoms with E-state index in [1.54, 1.807) is 0 Å². The number of carbonyl (C=O) groups excluding carboxylic acids is 2. The fourth-order valence-electron chi connectivity index (χ4n) is 1.34. The van der Waals surface area contributed by atoms with Crippen LogP contribution in [0.4, 0.5) is 0 Å². The number of alkyl halides is 2. The highest BCUT2D eigenvalue weighted by Crippen LogP contribution is 2.32. The monoisotopic (exact) mass is 314 g/mol. The standard InChI is InChI=1S/C9H12BrClO5/c1-4(12)14-3-6-8(15-5(2)13)7(11)9(10)16-6/h6-9H,3H2,1-2H3. The van der Waals surface area contributed by atoms with Crippen LogP contribution in [0.3, 0.4) is 0 Å². The van der Waals surface area contributed by atoms with Crippen LogP contribution < -0.4 is 0 Å². The first-order valence-corrected chi connectivity index (χ1v) is 6.01. The fourth-order valence-corrected chi connectivity index (χ4v) is 2.19. The van der Waals surface area contributed by atoms with Crippen molar-refractivity contribution in [3.8, 4) is 0 Å². The molecule has 0 spiro atoms. The van der Waals surface area contributed by atoms with Gasteiger partial charge in [0.15, 0.2) is 6.10 Å². The van der Waals surface area contributed by atoms with E-state index >= 15 is 0 Å². The van der Waals surface area contributed by atoms with Gasteiger partial charge in [0.2, 0.25) is 0 Å². The second-order valence-corrected chi connectivity index (χ2v) is 4.75. The molecule has 0 amide bonds. The molecule has 0 bridgehead atoms. The van der Waals surface area contributed by atoms with Crippen molar-refractivity contribution < 1.29 is 23.8 Å². The predicted molar refractivity (Wildman–Crippen MR) is 59.4 cm³/mol. The van der Waals surface area contributed by atoms with Gasteiger partial charge in [0.1, 0.15) is 23.1 Å². The molecule has 4 atom stereocenters. The molecule has 1 rings (SSSR count). The zero-order valence-electron chi connectivity index (χ0n) is 8.81. The smallest absolute Gasteiger partial charge is 0.303 e. The van der Waals surface area contributed by atoms with E-state index in [-0.39, 0.29) is 6.61 Å². The van der Waals surface area contributed by atoms with E-state index < -0.39 is 34.5 Å². The molecule has 0 radical (unpaired) electrons. The van der Waals surface area contributed by atoms with Crippen LogP contribution in [0.2, 0.25) is 0 Å². The van der Waals surface area contributed by atoms with E-state index in [0.29, 0.717) is 0 Å². The van der Waals surface area contributed by atoms with E-state index in [4.69, 9.17) is 25.8 Å². The van der Waals surface area contributed by atoms with E-state index in [1.165, 1.54) is 13.8 Å². The molecule has 16 heavy (non-hydrogen) atoms. The van der Waals surface area contributed by atoms with Crippen LogP contribution in [-0.4, -0.2) is 41.1 Å². The molecule has 0 saturated carbocycles. The van der Waals surface area contributed by atoms with E-state index in [2.05, 4.69) is 15.9 Å². The summed E-state index contributed by atoms with van der Waals surface area (Å²) in [7, 11) is 0. The van der Waals surface area contributed by atoms with Crippen molar-refractivity contribution in [2.75, 3.05) is 6.61 Å². The molecule has 0 aromatic rings. The Morgan fingerprint density at radius 3 is 2.50 bits per heavy atom. The number of esters is 2. The van der Waals surface area contributed by atoms with Crippen LogP contribution in [-0.2, 0) is 23.8 Å². The maximum absolute atomic E-state index is 10.9. The van der Waals surface area contributed by atoms with E-state index in [1.807, 2.05) is 0 Å². The molecule has 1 aliphatic rings. The van der Waals surface area contributed by atoms with Crippen LogP contribution in [0, 0.1) is 0 Å². The summed E-state index contributed by atoms with van der Waals surface area (Å²) in [5.74, 6) is -0.872. The molecular weight excluding hydrogens is 303 g/mol. The molecule has 0 aliphatic carbocycles. The average molecular weight is 316 g/mol. The van der Waals surface area contributed by atoms with Crippen molar-refractivity contribution in [3.05, 3.63) is 0 Å². The van der Waals surface area contributed by atoms with E-state index in [0.717, 1.165) is 0 Å². The number of rotatable bonds is 3. The predicted octanol–water partition coefficient (Wildman–Crippen LogP) is 1.21. The molecule has 1 saturated heterocycles. The third-order valence-corrected chi connectivity index (χ3v) is 3.56. The van der Waals surface area contributed by atoms with Gasteiger partial charge in [-0.1, -0.05) is 15.9 Å². The number of hydrogen-bond donors (Lipinski definition) is 0. The lowest BCUT2D eigenvalue weighted by Gasteiger charge is -2.19. The Balaban J connectivity index is 2.59. The largest absolute Gasteiger partial charge is 0.463 e. The third kappa shape index (κ3) is 3.61. The number of carbonyl (C=O) groups is 2. The second-order valence-electron chi connectivity index (χ2n) is 3.35. The van der Waals surface area contributed by atoms with E-state index in [9.17, 15) is 9.59 Å². The Morgan fingerprint density at radius 2 is 2.00 bits per heavy atom. The van der Waals surface area contributed by atoms with Gasteiger partial charge in [-0.05, 0) is 0 Å². The number of ether oxygens (including phenoxy) is 3. The Labute approximate surface area is 106 Å². The molecule has 1 heterocycles. The Morgan fingerprint density at radius 1 is 1.38 bits per heavy atom. The quantitative estimate of drug-likeness (QED) is 0.579. The maximum Gasteiger partial charge on any atom is 0.303 e. The van der Waals surface area contributed by atoms with Gasteiger partial charge in [-0.2, -0.15) is 0 Å². The molecule has 0 aromatic heterocycles. The highest BCUT2D eigenvalue weighted by atomic mass is 79.9. The van der Waals surface area contributed by atoms with Crippen LogP contribution in [0.15, 0.2) is 0 Å². The van der Waals surface area contributed by atoms with Gasteiger partial charge in [0.25, 0.3) is 0 Å². The van der Waals surface area contributed by atoms with Crippen molar-refractivity contribution in [3.63, 3.8) is 0 Å². The molecule has 4 unspecified atom stereocenters. The fraction of sp³-hybridized carbons (Fsp3) is 0.778. The summed E-state index contributed by atoms with van der Waals surface area (Å²) >= 11 is 9.19. The van der Waals surface area contributed by atoms with Crippen molar-refractivity contribution in [1.29, 1.82) is 0 Å². The summed E-state index contributed by atoms with van der Waals surface area (Å²) in [5.41, 5.74) is 0. The van der Waals surface area contributed by atoms with Gasteiger partial charge in [-0.25, -0.2) is 0 Å². The Hall–Kier alpha value is -0.330. The topological polar surface area (TPSA) is 61.8 Å². The van der Waals surface area contributed by atoms with Crippen molar-refractivity contribution in [1.82, 2.24) is 0 Å². The van der Waals surface area contributed by atoms with Gasteiger partial charge in [-0.3, -0.25) is 9.59 Å². The molecule has 92 valence electrons. The molecular formula is C9H12BrClO5. The molecule has 7 heteroatoms. The van der Waals surface area contributed by atoms with Gasteiger partial charge >= 0.3 is 11.9 Å². The molecule has 0 N–H and O–H groups in total. The van der Waals surface area contributed by atoms with Crippen molar-refractivity contribution >= 4 is 39.5 Å². The molecule has 1 fully saturated rings. The highest BCUT2D eigenvalue weighted by Gasteiger charge is 2.45. The number of hydrogen-bond acceptors (Lipinski definition) is 5. The minimum atomic E-state index is -0.622. The first-order valence-electron chi connectivity index (χ1n) is 4.66. The molecule has 0 aromatic carbocycles. The van der Waals surface area contributed by atoms with Crippen LogP contribution in [0.25, 0.3) is 0 Å². The molecule has 5 nitrogen and oxygen atoms in total. The Kier molecular flexibility index (Phi) is 5.01. The normalized spacial score (nSPS) is 33.5. The minimum Gasteiger partial charge on any atom is -0.463 e. The molecule has 1 aliphatic heterocycles. The summed E-state index contributed by atoms with van der Waals surface area (Å²) in [6, 6.07) is 0. The summed E-state index contributed by atoms with van der Waals surface area (Å²) in [4.78, 5) is 21.5. The Bertz CT molecular complexity index is 285. The lowest BCUT2D eigenvalue weighted by atomic mass is 10.2. The van der Waals surface area contributed by atoms with Gasteiger partial charge in [-0.15, -0.1) is 11.6 Å². The van der Waals surface area contributed by atoms with Crippen LogP contribution in [0.5, 0.6) is 0 Å². The van der Waals surface area contributed by atoms with Crippen LogP contribution >= 0.6 is 27.5 Å². The lowest BCUT2D eigenvalue weighted by molar-refractivity contribution is -0.154. The van der Waals surface area contributed by atoms with Gasteiger partial charge < -0.3 is 14.2 Å². The van der Waals surface area contributed by atoms with Gasteiger partial charge in [0.05, 0.1) is 0 Å². The zero-order valence-corrected chi connectivity index (χ0v) is 11.2. The van der Waals surface area contributed by atoms with Gasteiger partial charge in [0, 0.05) is 13.8 Å². The maximum atomic E-state index is 10.9. The van der Waals surface area contributed by atoms with Crippen molar-refractivity contribution in [2.45, 2.75) is 36.4 Å². The minimum absolute atomic E-state index is 0.0125. The average Bonchev–Trinajstić information content (AvgIpc) is 2.42. The second kappa shape index (κ2) is 5.84. The van der Waals surface area contributed by atoms with Crippen LogP contribution in [0.1, 0.15) is 13.8 Å². The summed E-state index contributed by atoms with van der Waals surface area (Å²) in [6.45, 7) is 2.59. The SMILES string of the molecule is CC(=O)OCC1OC(Br)C(Cl)C1OC(C)=O. The summed E-state index contributed by atoms with van der Waals surface area (Å²) in [6.07, 6.45) is -1.16. The highest BCUT2D eigenvalue weighted by molar-refractivity contribution is 9.09. The lowest BCUT2D eigenvalue weighted by Crippen LogP contribution is -2.35. The zero-order chi connectivity index (χ0) is 12.3.